The van der Waals surface area contributed by atoms with E-state index in [2.05, 4.69) is 29.6 Å². The lowest BCUT2D eigenvalue weighted by Crippen LogP contribution is -2.28. The zero-order valence-electron chi connectivity index (χ0n) is 10.5. The molecule has 0 fully saturated rings. The molecule has 3 rings (SSSR count). The molecule has 3 heteroatoms. The van der Waals surface area contributed by atoms with Gasteiger partial charge in [0.15, 0.2) is 0 Å². The van der Waals surface area contributed by atoms with Crippen molar-refractivity contribution in [2.45, 2.75) is 25.4 Å². The molecule has 98 valence electrons. The predicted octanol–water partition coefficient (Wildman–Crippen LogP) is 3.74. The van der Waals surface area contributed by atoms with Crippen LogP contribution in [0.5, 0.6) is 0 Å². The van der Waals surface area contributed by atoms with Gasteiger partial charge in [-0.25, -0.2) is 4.39 Å². The molecule has 0 radical (unpaired) electrons. The average Bonchev–Trinajstić information content (AvgIpc) is 2.83. The van der Waals surface area contributed by atoms with Crippen LogP contribution in [0.4, 0.5) is 4.39 Å². The van der Waals surface area contributed by atoms with Crippen LogP contribution in [0.3, 0.4) is 0 Å². The van der Waals surface area contributed by atoms with Crippen LogP contribution in [0, 0.1) is 5.82 Å². The number of benzene rings is 2. The van der Waals surface area contributed by atoms with Crippen LogP contribution in [-0.2, 0) is 19.4 Å². The molecule has 1 nitrogen and oxygen atoms in total. The minimum Gasteiger partial charge on any atom is -0.309 e. The summed E-state index contributed by atoms with van der Waals surface area (Å²) in [6.07, 6.45) is 2.12. The maximum atomic E-state index is 13.1. The van der Waals surface area contributed by atoms with Crippen LogP contribution in [0.2, 0.25) is 5.02 Å². The van der Waals surface area contributed by atoms with Gasteiger partial charge in [-0.15, -0.1) is 0 Å². The third kappa shape index (κ3) is 2.80. The van der Waals surface area contributed by atoms with Gasteiger partial charge in [0.25, 0.3) is 0 Å². The molecular weight excluding hydrogens is 261 g/mol. The Morgan fingerprint density at radius 1 is 1.11 bits per heavy atom. The van der Waals surface area contributed by atoms with Crippen molar-refractivity contribution in [3.05, 3.63) is 70.0 Å². The highest BCUT2D eigenvalue weighted by Crippen LogP contribution is 2.22. The first-order valence-electron chi connectivity index (χ1n) is 6.46. The van der Waals surface area contributed by atoms with Gasteiger partial charge in [0.1, 0.15) is 5.82 Å². The van der Waals surface area contributed by atoms with Crippen LogP contribution < -0.4 is 5.32 Å². The number of hydrogen-bond acceptors (Lipinski definition) is 1. The van der Waals surface area contributed by atoms with E-state index in [1.807, 2.05) is 0 Å². The number of fused-ring (bicyclic) bond motifs is 1. The third-order valence-corrected chi connectivity index (χ3v) is 3.92. The van der Waals surface area contributed by atoms with E-state index in [-0.39, 0.29) is 10.8 Å². The Kier molecular flexibility index (Phi) is 3.54. The first-order valence-corrected chi connectivity index (χ1v) is 6.84. The molecule has 2 aromatic carbocycles. The molecule has 0 spiro atoms. The summed E-state index contributed by atoms with van der Waals surface area (Å²) in [5.74, 6) is -0.362. The van der Waals surface area contributed by atoms with E-state index in [4.69, 9.17) is 11.6 Å². The van der Waals surface area contributed by atoms with Crippen molar-refractivity contribution in [1.82, 2.24) is 5.32 Å². The Morgan fingerprint density at radius 2 is 1.79 bits per heavy atom. The molecule has 0 heterocycles. The summed E-state index contributed by atoms with van der Waals surface area (Å²) in [6, 6.07) is 13.9. The molecule has 0 atom stereocenters. The van der Waals surface area contributed by atoms with Crippen LogP contribution in [-0.4, -0.2) is 6.04 Å². The summed E-state index contributed by atoms with van der Waals surface area (Å²) in [6.45, 7) is 0.721. The Balaban J connectivity index is 1.61. The summed E-state index contributed by atoms with van der Waals surface area (Å²) in [5.41, 5.74) is 3.87. The van der Waals surface area contributed by atoms with Gasteiger partial charge in [0.2, 0.25) is 0 Å². The van der Waals surface area contributed by atoms with Gasteiger partial charge in [-0.2, -0.15) is 0 Å². The third-order valence-electron chi connectivity index (χ3n) is 3.63. The number of halogens is 2. The van der Waals surface area contributed by atoms with Gasteiger partial charge >= 0.3 is 0 Å². The first kappa shape index (κ1) is 12.6. The Hall–Kier alpha value is -1.38. The van der Waals surface area contributed by atoms with E-state index >= 15 is 0 Å². The van der Waals surface area contributed by atoms with Crippen molar-refractivity contribution < 1.29 is 4.39 Å². The van der Waals surface area contributed by atoms with E-state index < -0.39 is 0 Å². The molecule has 1 aliphatic rings. The van der Waals surface area contributed by atoms with E-state index in [0.29, 0.717) is 6.04 Å². The normalized spacial score (nSPS) is 14.6. The maximum Gasteiger partial charge on any atom is 0.141 e. The molecule has 19 heavy (non-hydrogen) atoms. The van der Waals surface area contributed by atoms with Gasteiger partial charge in [-0.3, -0.25) is 0 Å². The van der Waals surface area contributed by atoms with Crippen molar-refractivity contribution in [2.24, 2.45) is 0 Å². The van der Waals surface area contributed by atoms with E-state index in [0.717, 1.165) is 24.9 Å². The largest absolute Gasteiger partial charge is 0.309 e. The highest BCUT2D eigenvalue weighted by atomic mass is 35.5. The minimum absolute atomic E-state index is 0.189. The number of hydrogen-bond donors (Lipinski definition) is 1. The highest BCUT2D eigenvalue weighted by Gasteiger charge is 2.20. The Bertz CT molecular complexity index is 572. The second-order valence-corrected chi connectivity index (χ2v) is 5.41. The average molecular weight is 276 g/mol. The SMILES string of the molecule is Fc1ccc(CNC2Cc3ccccc3C2)cc1Cl. The molecule has 0 unspecified atom stereocenters. The second-order valence-electron chi connectivity index (χ2n) is 5.00. The van der Waals surface area contributed by atoms with E-state index in [9.17, 15) is 4.39 Å². The summed E-state index contributed by atoms with van der Waals surface area (Å²) >= 11 is 5.78. The lowest BCUT2D eigenvalue weighted by atomic mass is 10.1. The molecule has 0 aromatic heterocycles. The maximum absolute atomic E-state index is 13.1. The molecule has 2 aromatic rings. The van der Waals surface area contributed by atoms with Crippen LogP contribution in [0.1, 0.15) is 16.7 Å². The summed E-state index contributed by atoms with van der Waals surface area (Å²) < 4.78 is 13.1. The zero-order chi connectivity index (χ0) is 13.2. The zero-order valence-corrected chi connectivity index (χ0v) is 11.3. The fourth-order valence-electron chi connectivity index (χ4n) is 2.61. The summed E-state index contributed by atoms with van der Waals surface area (Å²) in [5, 5.41) is 3.70. The van der Waals surface area contributed by atoms with Gasteiger partial charge in [-0.1, -0.05) is 41.9 Å². The smallest absolute Gasteiger partial charge is 0.141 e. The van der Waals surface area contributed by atoms with Crippen molar-refractivity contribution in [1.29, 1.82) is 0 Å². The van der Waals surface area contributed by atoms with Crippen LogP contribution in [0.15, 0.2) is 42.5 Å². The van der Waals surface area contributed by atoms with E-state index in [1.165, 1.54) is 17.2 Å². The van der Waals surface area contributed by atoms with Crippen molar-refractivity contribution in [2.75, 3.05) is 0 Å². The van der Waals surface area contributed by atoms with Gasteiger partial charge in [-0.05, 0) is 41.7 Å². The Morgan fingerprint density at radius 3 is 2.42 bits per heavy atom. The van der Waals surface area contributed by atoms with Crippen LogP contribution in [0.25, 0.3) is 0 Å². The fourth-order valence-corrected chi connectivity index (χ4v) is 2.82. The summed E-state index contributed by atoms with van der Waals surface area (Å²) in [4.78, 5) is 0. The molecule has 0 saturated heterocycles. The summed E-state index contributed by atoms with van der Waals surface area (Å²) in [7, 11) is 0. The van der Waals surface area contributed by atoms with E-state index in [1.54, 1.807) is 12.1 Å². The van der Waals surface area contributed by atoms with Crippen molar-refractivity contribution in [3.8, 4) is 0 Å². The second kappa shape index (κ2) is 5.32. The quantitative estimate of drug-likeness (QED) is 0.900. The monoisotopic (exact) mass is 275 g/mol. The number of nitrogens with one attached hydrogen (secondary N) is 1. The standard InChI is InChI=1S/C16H15ClFN/c17-15-7-11(5-6-16(15)18)10-19-14-8-12-3-1-2-4-13(12)9-14/h1-7,14,19H,8-10H2. The highest BCUT2D eigenvalue weighted by molar-refractivity contribution is 6.30. The minimum atomic E-state index is -0.362. The Labute approximate surface area is 117 Å². The topological polar surface area (TPSA) is 12.0 Å². The predicted molar refractivity (Wildman–Crippen MR) is 75.9 cm³/mol. The van der Waals surface area contributed by atoms with Gasteiger partial charge < -0.3 is 5.32 Å². The lowest BCUT2D eigenvalue weighted by molar-refractivity contribution is 0.532. The molecule has 0 amide bonds. The molecule has 1 aliphatic carbocycles. The molecule has 0 saturated carbocycles. The van der Waals surface area contributed by atoms with Gasteiger partial charge in [0.05, 0.1) is 5.02 Å². The number of rotatable bonds is 3. The molecular formula is C16H15ClFN. The van der Waals surface area contributed by atoms with Gasteiger partial charge in [0, 0.05) is 12.6 Å². The first-order chi connectivity index (χ1) is 9.22. The molecule has 1 N–H and O–H groups in total. The van der Waals surface area contributed by atoms with Crippen LogP contribution >= 0.6 is 11.6 Å². The van der Waals surface area contributed by atoms with Crippen molar-refractivity contribution in [3.63, 3.8) is 0 Å². The molecule has 0 bridgehead atoms. The van der Waals surface area contributed by atoms with Crippen molar-refractivity contribution >= 4 is 11.6 Å². The lowest BCUT2D eigenvalue weighted by Gasteiger charge is -2.12. The molecule has 0 aliphatic heterocycles. The fraction of sp³-hybridized carbons (Fsp3) is 0.250.